The van der Waals surface area contributed by atoms with Crippen molar-refractivity contribution in [1.29, 1.82) is 0 Å². The summed E-state index contributed by atoms with van der Waals surface area (Å²) in [6, 6.07) is 5.19. The zero-order valence-corrected chi connectivity index (χ0v) is 21.4. The lowest BCUT2D eigenvalue weighted by atomic mass is 9.74. The Kier molecular flexibility index (Phi) is 6.92. The minimum atomic E-state index is -1.13. The van der Waals surface area contributed by atoms with Gasteiger partial charge in [0, 0.05) is 32.0 Å². The van der Waals surface area contributed by atoms with E-state index in [1.807, 2.05) is 44.2 Å². The van der Waals surface area contributed by atoms with Crippen LogP contribution in [0.1, 0.15) is 49.7 Å². The van der Waals surface area contributed by atoms with E-state index in [2.05, 4.69) is 10.6 Å². The van der Waals surface area contributed by atoms with Crippen molar-refractivity contribution in [1.82, 2.24) is 10.2 Å². The Morgan fingerprint density at radius 2 is 1.83 bits per heavy atom. The number of hydrogen-bond acceptors (Lipinski definition) is 5. The Morgan fingerprint density at radius 1 is 1.11 bits per heavy atom. The molecular formula is C28H37N3O5. The number of benzene rings is 1. The summed E-state index contributed by atoms with van der Waals surface area (Å²) in [5.74, 6) is -2.05. The molecule has 4 aliphatic rings. The van der Waals surface area contributed by atoms with Crippen LogP contribution in [0.5, 0.6) is 0 Å². The molecule has 1 spiro atoms. The predicted octanol–water partition coefficient (Wildman–Crippen LogP) is 2.88. The molecule has 0 aromatic heterocycles. The van der Waals surface area contributed by atoms with Crippen LogP contribution in [0.2, 0.25) is 0 Å². The van der Waals surface area contributed by atoms with Gasteiger partial charge in [-0.2, -0.15) is 0 Å². The van der Waals surface area contributed by atoms with Gasteiger partial charge in [0.25, 0.3) is 0 Å². The maximum atomic E-state index is 13.9. The number of likely N-dealkylation sites (tertiary alicyclic amines) is 1. The number of nitrogens with one attached hydrogen (secondary N) is 2. The number of nitrogens with zero attached hydrogens (tertiary/aromatic N) is 1. The first kappa shape index (κ1) is 25.0. The molecule has 1 aromatic rings. The molecule has 1 aromatic carbocycles. The van der Waals surface area contributed by atoms with Gasteiger partial charge in [0.15, 0.2) is 0 Å². The van der Waals surface area contributed by atoms with Gasteiger partial charge in [0.05, 0.1) is 17.9 Å². The predicted molar refractivity (Wildman–Crippen MR) is 135 cm³/mol. The molecule has 2 N–H and O–H groups in total. The van der Waals surface area contributed by atoms with Crippen molar-refractivity contribution in [3.63, 3.8) is 0 Å². The van der Waals surface area contributed by atoms with Gasteiger partial charge >= 0.3 is 0 Å². The van der Waals surface area contributed by atoms with Gasteiger partial charge in [0.1, 0.15) is 11.6 Å². The van der Waals surface area contributed by atoms with E-state index in [0.29, 0.717) is 25.3 Å². The highest BCUT2D eigenvalue weighted by Gasteiger charge is 2.72. The van der Waals surface area contributed by atoms with Gasteiger partial charge in [0.2, 0.25) is 17.7 Å². The van der Waals surface area contributed by atoms with Crippen molar-refractivity contribution in [2.75, 3.05) is 25.6 Å². The molecule has 1 aliphatic carbocycles. The van der Waals surface area contributed by atoms with Crippen LogP contribution in [-0.2, 0) is 23.9 Å². The van der Waals surface area contributed by atoms with Crippen LogP contribution in [-0.4, -0.2) is 66.7 Å². The lowest BCUT2D eigenvalue weighted by Gasteiger charge is -2.34. The maximum absolute atomic E-state index is 13.9. The van der Waals surface area contributed by atoms with Crippen LogP contribution < -0.4 is 10.6 Å². The van der Waals surface area contributed by atoms with Crippen molar-refractivity contribution < 1.29 is 23.9 Å². The fraction of sp³-hybridized carbons (Fsp3) is 0.607. The summed E-state index contributed by atoms with van der Waals surface area (Å²) in [5, 5.41) is 6.22. The first-order valence-corrected chi connectivity index (χ1v) is 13.2. The van der Waals surface area contributed by atoms with E-state index >= 15 is 0 Å². The Balaban J connectivity index is 1.42. The van der Waals surface area contributed by atoms with E-state index in [9.17, 15) is 14.4 Å². The van der Waals surface area contributed by atoms with Crippen molar-refractivity contribution in [2.24, 2.45) is 11.8 Å². The zero-order chi connectivity index (χ0) is 25.4. The van der Waals surface area contributed by atoms with Crippen molar-refractivity contribution >= 4 is 23.4 Å². The summed E-state index contributed by atoms with van der Waals surface area (Å²) >= 11 is 0. The summed E-state index contributed by atoms with van der Waals surface area (Å²) in [4.78, 5) is 42.8. The summed E-state index contributed by atoms with van der Waals surface area (Å²) < 4.78 is 11.6. The third-order valence-electron chi connectivity index (χ3n) is 8.11. The fourth-order valence-electron chi connectivity index (χ4n) is 6.69. The van der Waals surface area contributed by atoms with Crippen LogP contribution in [0.15, 0.2) is 30.4 Å². The second kappa shape index (κ2) is 9.98. The smallest absolute Gasteiger partial charge is 0.246 e. The lowest BCUT2D eigenvalue weighted by molar-refractivity contribution is -0.141. The van der Waals surface area contributed by atoms with E-state index in [4.69, 9.17) is 9.47 Å². The zero-order valence-electron chi connectivity index (χ0n) is 21.4. The highest BCUT2D eigenvalue weighted by molar-refractivity contribution is 6.02. The van der Waals surface area contributed by atoms with Crippen LogP contribution in [0, 0.1) is 25.7 Å². The van der Waals surface area contributed by atoms with Crippen LogP contribution in [0.25, 0.3) is 0 Å². The Bertz CT molecular complexity index is 1050. The van der Waals surface area contributed by atoms with Crippen LogP contribution in [0.4, 0.5) is 5.69 Å². The quantitative estimate of drug-likeness (QED) is 0.427. The SMILES string of the molecule is COCCCN1C(=O)[C@@H]2[C@H](C(=O)Nc3cc(C)cc(C)c3)[C@@H]3C=C[C@@]2(O3)[C@H]1C(=O)NC1CCCCC1. The highest BCUT2D eigenvalue weighted by Crippen LogP contribution is 2.55. The number of ether oxygens (including phenoxy) is 2. The van der Waals surface area contributed by atoms with E-state index in [1.54, 1.807) is 12.0 Å². The molecule has 0 unspecified atom stereocenters. The van der Waals surface area contributed by atoms with Crippen LogP contribution >= 0.6 is 0 Å². The van der Waals surface area contributed by atoms with Gasteiger partial charge < -0.3 is 25.0 Å². The van der Waals surface area contributed by atoms with E-state index < -0.39 is 29.6 Å². The lowest BCUT2D eigenvalue weighted by Crippen LogP contribution is -2.56. The molecule has 2 bridgehead atoms. The van der Waals surface area contributed by atoms with Crippen molar-refractivity contribution in [3.8, 4) is 0 Å². The monoisotopic (exact) mass is 495 g/mol. The summed E-state index contributed by atoms with van der Waals surface area (Å²) in [7, 11) is 1.62. The number of aryl methyl sites for hydroxylation is 2. The molecule has 2 saturated heterocycles. The molecule has 5 atom stereocenters. The normalized spacial score (nSPS) is 31.1. The van der Waals surface area contributed by atoms with Gasteiger partial charge in [-0.05, 0) is 56.4 Å². The van der Waals surface area contributed by atoms with Gasteiger partial charge in [-0.1, -0.05) is 37.5 Å². The van der Waals surface area contributed by atoms with Crippen LogP contribution in [0.3, 0.4) is 0 Å². The molecule has 8 heteroatoms. The average molecular weight is 496 g/mol. The first-order valence-electron chi connectivity index (χ1n) is 13.2. The minimum absolute atomic E-state index is 0.115. The van der Waals surface area contributed by atoms with E-state index in [0.717, 1.165) is 36.8 Å². The van der Waals surface area contributed by atoms with E-state index in [-0.39, 0.29) is 23.8 Å². The molecule has 3 fully saturated rings. The summed E-state index contributed by atoms with van der Waals surface area (Å²) in [6.45, 7) is 4.82. The number of anilines is 1. The summed E-state index contributed by atoms with van der Waals surface area (Å²) in [5.41, 5.74) is 1.67. The standard InChI is InChI=1S/C28H37N3O5/c1-17-14-18(2)16-20(15-17)30-25(32)22-21-10-11-28(36-21)23(22)27(34)31(12-7-13-35-3)24(28)26(33)29-19-8-5-4-6-9-19/h10-11,14-16,19,21-24H,4-9,12-13H2,1-3H3,(H,29,33)(H,30,32)/t21-,22+,23-,24+,28-/m0/s1. The Labute approximate surface area is 212 Å². The number of amides is 3. The average Bonchev–Trinajstić information content (AvgIpc) is 3.47. The topological polar surface area (TPSA) is 97.0 Å². The van der Waals surface area contributed by atoms with Gasteiger partial charge in [-0.25, -0.2) is 0 Å². The Morgan fingerprint density at radius 3 is 2.53 bits per heavy atom. The summed E-state index contributed by atoms with van der Waals surface area (Å²) in [6.07, 6.45) is 9.07. The third-order valence-corrected chi connectivity index (χ3v) is 8.11. The molecule has 194 valence electrons. The molecular weight excluding hydrogens is 458 g/mol. The maximum Gasteiger partial charge on any atom is 0.246 e. The molecule has 3 heterocycles. The number of carbonyl (C=O) groups is 3. The number of hydrogen-bond donors (Lipinski definition) is 2. The first-order chi connectivity index (χ1) is 17.3. The second-order valence-electron chi connectivity index (χ2n) is 10.8. The second-order valence-corrected chi connectivity index (χ2v) is 10.8. The Hall–Kier alpha value is -2.71. The largest absolute Gasteiger partial charge is 0.385 e. The molecule has 5 rings (SSSR count). The van der Waals surface area contributed by atoms with Gasteiger partial charge in [-0.3, -0.25) is 14.4 Å². The molecule has 0 radical (unpaired) electrons. The van der Waals surface area contributed by atoms with Crippen molar-refractivity contribution in [3.05, 3.63) is 41.5 Å². The number of carbonyl (C=O) groups excluding carboxylic acids is 3. The number of fused-ring (bicyclic) bond motifs is 1. The third kappa shape index (κ3) is 4.34. The van der Waals surface area contributed by atoms with E-state index in [1.165, 1.54) is 6.42 Å². The number of rotatable bonds is 8. The minimum Gasteiger partial charge on any atom is -0.385 e. The van der Waals surface area contributed by atoms with Crippen molar-refractivity contribution in [2.45, 2.75) is 76.2 Å². The fourth-order valence-corrected chi connectivity index (χ4v) is 6.69. The molecule has 36 heavy (non-hydrogen) atoms. The molecule has 3 amide bonds. The molecule has 1 saturated carbocycles. The molecule has 8 nitrogen and oxygen atoms in total. The molecule has 3 aliphatic heterocycles. The van der Waals surface area contributed by atoms with Gasteiger partial charge in [-0.15, -0.1) is 0 Å². The number of methoxy groups -OCH3 is 1. The highest BCUT2D eigenvalue weighted by atomic mass is 16.5.